The number of rotatable bonds is 33. The second-order valence-electron chi connectivity index (χ2n) is 20.0. The summed E-state index contributed by atoms with van der Waals surface area (Å²) in [6, 6.07) is -5.39. The van der Waals surface area contributed by atoms with E-state index in [9.17, 15) is 43.2 Å². The van der Waals surface area contributed by atoms with Crippen molar-refractivity contribution in [2.75, 3.05) is 13.2 Å². The fourth-order valence-electron chi connectivity index (χ4n) is 8.20. The van der Waals surface area contributed by atoms with Gasteiger partial charge in [-0.1, -0.05) is 113 Å². The van der Waals surface area contributed by atoms with Crippen molar-refractivity contribution in [3.8, 4) is 0 Å². The van der Waals surface area contributed by atoms with Crippen LogP contribution in [0.4, 0.5) is 0 Å². The summed E-state index contributed by atoms with van der Waals surface area (Å²) in [4.78, 5) is 120. The van der Waals surface area contributed by atoms with Crippen molar-refractivity contribution >= 4 is 53.3 Å². The van der Waals surface area contributed by atoms with Crippen molar-refractivity contribution < 1.29 is 52.6 Å². The normalized spacial score (nSPS) is 16.7. The van der Waals surface area contributed by atoms with Crippen LogP contribution in [0.2, 0.25) is 0 Å². The van der Waals surface area contributed by atoms with Gasteiger partial charge in [-0.15, -0.1) is 0 Å². The molecule has 1 saturated heterocycles. The first kappa shape index (κ1) is 60.2. The first-order valence-electron chi connectivity index (χ1n) is 24.8. The Morgan fingerprint density at radius 1 is 0.672 bits per heavy atom. The van der Waals surface area contributed by atoms with E-state index in [4.69, 9.17) is 15.2 Å². The van der Waals surface area contributed by atoms with Gasteiger partial charge in [-0.25, -0.2) is 0 Å². The summed E-state index contributed by atoms with van der Waals surface area (Å²) in [7, 11) is 0. The van der Waals surface area contributed by atoms with Gasteiger partial charge in [-0.05, 0) is 57.3 Å². The number of unbranched alkanes of at least 4 members (excludes halogenated alkanes) is 10. The Morgan fingerprint density at radius 3 is 1.73 bits per heavy atom. The number of carbonyl (C=O) groups excluding carboxylic acids is 9. The van der Waals surface area contributed by atoms with E-state index in [0.29, 0.717) is 12.8 Å². The fraction of sp³-hybridized carbons (Fsp3) is 0.816. The number of amides is 7. The second-order valence-corrected chi connectivity index (χ2v) is 20.0. The van der Waals surface area contributed by atoms with Crippen molar-refractivity contribution in [3.05, 3.63) is 0 Å². The van der Waals surface area contributed by atoms with E-state index >= 15 is 0 Å². The average Bonchev–Trinajstić information content (AvgIpc) is 3.63. The summed E-state index contributed by atoms with van der Waals surface area (Å²) in [6.07, 6.45) is 12.1. The largest absolute Gasteiger partial charge is 0.464 e. The molecule has 1 aliphatic heterocycles. The van der Waals surface area contributed by atoms with Crippen LogP contribution in [-0.4, -0.2) is 113 Å². The molecule has 0 radical (unpaired) electrons. The predicted molar refractivity (Wildman–Crippen MR) is 256 cm³/mol. The Balaban J connectivity index is 3.17. The van der Waals surface area contributed by atoms with Gasteiger partial charge in [0.05, 0.1) is 12.6 Å². The molecule has 6 atom stereocenters. The van der Waals surface area contributed by atoms with E-state index in [2.05, 4.69) is 33.5 Å². The number of carbonyl (C=O) groups is 9. The monoisotopic (exact) mass is 950 g/mol. The molecule has 6 unspecified atom stereocenters. The fourth-order valence-corrected chi connectivity index (χ4v) is 8.20. The van der Waals surface area contributed by atoms with Gasteiger partial charge >= 0.3 is 11.9 Å². The SMILES string of the molecule is CCCCCCCCCCCCCC(=O)NC(C)(C)C(=O)N1CC(OC(C)=O)CC1C(=O)NC(CC(C)C)C(=O)NC(C(=O)NC(CCC(N)=O)C(=O)NC(COC(C)=O)CC(C)C)C(C)C. The molecular formula is C49H87N7O11. The zero-order valence-electron chi connectivity index (χ0n) is 42.6. The molecule has 0 bridgehead atoms. The lowest BCUT2D eigenvalue weighted by atomic mass is 9.98. The molecule has 0 spiro atoms. The molecular weight excluding hydrogens is 863 g/mol. The summed E-state index contributed by atoms with van der Waals surface area (Å²) in [5, 5.41) is 13.8. The highest BCUT2D eigenvalue weighted by Crippen LogP contribution is 2.25. The maximum absolute atomic E-state index is 14.2. The minimum Gasteiger partial charge on any atom is -0.464 e. The Kier molecular flexibility index (Phi) is 28.2. The zero-order valence-corrected chi connectivity index (χ0v) is 42.6. The number of primary amides is 1. The highest BCUT2D eigenvalue weighted by Gasteiger charge is 2.46. The number of nitrogens with two attached hydrogens (primary N) is 1. The van der Waals surface area contributed by atoms with Crippen molar-refractivity contribution in [3.63, 3.8) is 0 Å². The smallest absolute Gasteiger partial charge is 0.302 e. The average molecular weight is 950 g/mol. The molecule has 1 heterocycles. The van der Waals surface area contributed by atoms with Crippen LogP contribution in [0.3, 0.4) is 0 Å². The van der Waals surface area contributed by atoms with Gasteiger partial charge in [0.1, 0.15) is 42.4 Å². The molecule has 18 heteroatoms. The number of hydrogen-bond acceptors (Lipinski definition) is 11. The van der Waals surface area contributed by atoms with E-state index in [1.54, 1.807) is 27.7 Å². The highest BCUT2D eigenvalue weighted by atomic mass is 16.5. The van der Waals surface area contributed by atoms with Crippen molar-refractivity contribution in [2.45, 2.75) is 227 Å². The van der Waals surface area contributed by atoms with Crippen LogP contribution in [-0.2, 0) is 52.6 Å². The number of hydrogen-bond donors (Lipinski definition) is 6. The summed E-state index contributed by atoms with van der Waals surface area (Å²) in [5.74, 6) is -5.97. The number of esters is 2. The van der Waals surface area contributed by atoms with Gasteiger partial charge < -0.3 is 46.7 Å². The van der Waals surface area contributed by atoms with Gasteiger partial charge in [0, 0.05) is 33.1 Å². The van der Waals surface area contributed by atoms with Gasteiger partial charge in [0.15, 0.2) is 0 Å². The Hall–Kier alpha value is -4.77. The molecule has 1 fully saturated rings. The topological polar surface area (TPSA) is 262 Å². The molecule has 1 aliphatic rings. The van der Waals surface area contributed by atoms with Gasteiger partial charge in [-0.3, -0.25) is 43.2 Å². The summed E-state index contributed by atoms with van der Waals surface area (Å²) >= 11 is 0. The molecule has 384 valence electrons. The van der Waals surface area contributed by atoms with Gasteiger partial charge in [0.2, 0.25) is 41.4 Å². The van der Waals surface area contributed by atoms with Gasteiger partial charge in [-0.2, -0.15) is 0 Å². The van der Waals surface area contributed by atoms with Crippen molar-refractivity contribution in [2.24, 2.45) is 23.5 Å². The van der Waals surface area contributed by atoms with Gasteiger partial charge in [0.25, 0.3) is 0 Å². The van der Waals surface area contributed by atoms with E-state index in [1.807, 2.05) is 27.7 Å². The summed E-state index contributed by atoms with van der Waals surface area (Å²) < 4.78 is 10.6. The molecule has 0 aromatic carbocycles. The molecule has 7 N–H and O–H groups in total. The minimum atomic E-state index is -1.42. The second kappa shape index (κ2) is 31.3. The van der Waals surface area contributed by atoms with Crippen molar-refractivity contribution in [1.82, 2.24) is 31.5 Å². The maximum atomic E-state index is 14.2. The Morgan fingerprint density at radius 2 is 1.22 bits per heavy atom. The lowest BCUT2D eigenvalue weighted by Gasteiger charge is -2.34. The lowest BCUT2D eigenvalue weighted by Crippen LogP contribution is -2.61. The van der Waals surface area contributed by atoms with Crippen LogP contribution in [0.1, 0.15) is 185 Å². The molecule has 1 rings (SSSR count). The molecule has 0 aromatic rings. The van der Waals surface area contributed by atoms with E-state index in [-0.39, 0.29) is 63.0 Å². The summed E-state index contributed by atoms with van der Waals surface area (Å²) in [6.45, 7) is 18.5. The van der Waals surface area contributed by atoms with E-state index < -0.39 is 95.2 Å². The third-order valence-corrected chi connectivity index (χ3v) is 11.6. The first-order chi connectivity index (χ1) is 31.4. The van der Waals surface area contributed by atoms with Crippen LogP contribution >= 0.6 is 0 Å². The standard InChI is InChI=1S/C49H87N7O11/c1-12-13-14-15-16-17-18-19-20-21-22-23-42(60)55-49(10,11)48(65)56-29-37(67-35(9)58)28-40(56)46(63)53-39(27-32(4)5)45(62)54-43(33(6)7)47(64)52-38(24-25-41(50)59)44(61)51-36(26-31(2)3)30-66-34(8)57/h31-33,36-40,43H,12-30H2,1-11H3,(H2,50,59)(H,51,61)(H,52,64)(H,53,63)(H,54,62)(H,55,60). The predicted octanol–water partition coefficient (Wildman–Crippen LogP) is 4.63. The molecule has 7 amide bonds. The molecule has 67 heavy (non-hydrogen) atoms. The van der Waals surface area contributed by atoms with Crippen LogP contribution in [0.5, 0.6) is 0 Å². The van der Waals surface area contributed by atoms with Crippen LogP contribution in [0, 0.1) is 17.8 Å². The van der Waals surface area contributed by atoms with E-state index in [1.165, 1.54) is 63.7 Å². The van der Waals surface area contributed by atoms with Crippen molar-refractivity contribution in [1.29, 1.82) is 0 Å². The molecule has 0 saturated carbocycles. The van der Waals surface area contributed by atoms with Crippen LogP contribution in [0.15, 0.2) is 0 Å². The maximum Gasteiger partial charge on any atom is 0.302 e. The number of nitrogens with one attached hydrogen (secondary N) is 5. The zero-order chi connectivity index (χ0) is 50.9. The number of nitrogens with zero attached hydrogens (tertiary/aromatic N) is 1. The molecule has 0 aliphatic carbocycles. The first-order valence-corrected chi connectivity index (χ1v) is 24.8. The minimum absolute atomic E-state index is 0.0549. The van der Waals surface area contributed by atoms with Crippen LogP contribution in [0.25, 0.3) is 0 Å². The third kappa shape index (κ3) is 24.7. The highest BCUT2D eigenvalue weighted by molar-refractivity contribution is 5.98. The number of ether oxygens (including phenoxy) is 2. The Labute approximate surface area is 400 Å². The lowest BCUT2D eigenvalue weighted by molar-refractivity contribution is -0.148. The van der Waals surface area contributed by atoms with Crippen LogP contribution < -0.4 is 32.3 Å². The number of likely N-dealkylation sites (tertiary alicyclic amines) is 1. The third-order valence-electron chi connectivity index (χ3n) is 11.6. The Bertz CT molecular complexity index is 1620. The summed E-state index contributed by atoms with van der Waals surface area (Å²) in [5.41, 5.74) is 3.98. The van der Waals surface area contributed by atoms with E-state index in [0.717, 1.165) is 19.3 Å². The molecule has 0 aromatic heterocycles. The molecule has 18 nitrogen and oxygen atoms in total. The quantitative estimate of drug-likeness (QED) is 0.0390.